The second kappa shape index (κ2) is 6.11. The summed E-state index contributed by atoms with van der Waals surface area (Å²) in [4.78, 5) is 21.6. The number of hydrogen-bond acceptors (Lipinski definition) is 5. The monoisotopic (exact) mass is 288 g/mol. The zero-order chi connectivity index (χ0) is 13.8. The van der Waals surface area contributed by atoms with Gasteiger partial charge in [0.15, 0.2) is 5.13 Å². The summed E-state index contributed by atoms with van der Waals surface area (Å²) in [6.45, 7) is 1.83. The van der Waals surface area contributed by atoms with Crippen molar-refractivity contribution in [3.8, 4) is 0 Å². The predicted molar refractivity (Wildman–Crippen MR) is 78.7 cm³/mol. The van der Waals surface area contributed by atoms with E-state index in [1.54, 1.807) is 23.7 Å². The maximum Gasteiger partial charge on any atom is 0.226 e. The molecule has 3 heterocycles. The SMILES string of the molecule is O=C(CCc1ccncc1)Nc1nc2c(s1)CNCC2. The van der Waals surface area contributed by atoms with Crippen LogP contribution in [-0.4, -0.2) is 22.4 Å². The summed E-state index contributed by atoms with van der Waals surface area (Å²) in [6.07, 6.45) is 5.62. The molecular formula is C14H16N4OS. The smallest absolute Gasteiger partial charge is 0.226 e. The molecule has 20 heavy (non-hydrogen) atoms. The number of thiazole rings is 1. The molecular weight excluding hydrogens is 272 g/mol. The second-order valence-corrected chi connectivity index (χ2v) is 5.80. The van der Waals surface area contributed by atoms with Crippen LogP contribution < -0.4 is 10.6 Å². The Hall–Kier alpha value is -1.79. The summed E-state index contributed by atoms with van der Waals surface area (Å²) in [6, 6.07) is 3.86. The van der Waals surface area contributed by atoms with E-state index >= 15 is 0 Å². The van der Waals surface area contributed by atoms with Gasteiger partial charge in [0.25, 0.3) is 0 Å². The van der Waals surface area contributed by atoms with Crippen molar-refractivity contribution in [2.45, 2.75) is 25.8 Å². The summed E-state index contributed by atoms with van der Waals surface area (Å²) in [7, 11) is 0. The quantitative estimate of drug-likeness (QED) is 0.899. The number of pyridine rings is 1. The van der Waals surface area contributed by atoms with Gasteiger partial charge in [0, 0.05) is 43.2 Å². The molecule has 0 saturated heterocycles. The highest BCUT2D eigenvalue weighted by molar-refractivity contribution is 7.15. The second-order valence-electron chi connectivity index (χ2n) is 4.72. The number of aromatic nitrogens is 2. The molecule has 0 spiro atoms. The Morgan fingerprint density at radius 3 is 3.05 bits per heavy atom. The highest BCUT2D eigenvalue weighted by Crippen LogP contribution is 2.25. The molecule has 0 fully saturated rings. The number of nitrogens with zero attached hydrogens (tertiary/aromatic N) is 2. The van der Waals surface area contributed by atoms with Gasteiger partial charge in [-0.3, -0.25) is 9.78 Å². The molecule has 0 radical (unpaired) electrons. The third kappa shape index (κ3) is 3.20. The molecule has 0 atom stereocenters. The topological polar surface area (TPSA) is 66.9 Å². The lowest BCUT2D eigenvalue weighted by Crippen LogP contribution is -2.22. The van der Waals surface area contributed by atoms with Gasteiger partial charge in [-0.1, -0.05) is 0 Å². The minimum absolute atomic E-state index is 0.0147. The molecule has 104 valence electrons. The number of carbonyl (C=O) groups is 1. The molecule has 5 nitrogen and oxygen atoms in total. The number of fused-ring (bicyclic) bond motifs is 1. The lowest BCUT2D eigenvalue weighted by Gasteiger charge is -2.09. The van der Waals surface area contributed by atoms with Crippen molar-refractivity contribution in [1.29, 1.82) is 0 Å². The van der Waals surface area contributed by atoms with Crippen molar-refractivity contribution in [3.63, 3.8) is 0 Å². The number of nitrogens with one attached hydrogen (secondary N) is 2. The highest BCUT2D eigenvalue weighted by atomic mass is 32.1. The van der Waals surface area contributed by atoms with Gasteiger partial charge in [-0.25, -0.2) is 4.98 Å². The van der Waals surface area contributed by atoms with Crippen molar-refractivity contribution in [3.05, 3.63) is 40.7 Å². The largest absolute Gasteiger partial charge is 0.311 e. The van der Waals surface area contributed by atoms with E-state index in [1.807, 2.05) is 12.1 Å². The van der Waals surface area contributed by atoms with Crippen LogP contribution in [0.1, 0.15) is 22.6 Å². The Kier molecular flexibility index (Phi) is 4.03. The van der Waals surface area contributed by atoms with E-state index < -0.39 is 0 Å². The Morgan fingerprint density at radius 2 is 2.25 bits per heavy atom. The number of carbonyl (C=O) groups excluding carboxylic acids is 1. The van der Waals surface area contributed by atoms with E-state index in [0.717, 1.165) is 42.3 Å². The van der Waals surface area contributed by atoms with Gasteiger partial charge in [-0.05, 0) is 24.1 Å². The lowest BCUT2D eigenvalue weighted by molar-refractivity contribution is -0.116. The van der Waals surface area contributed by atoms with Crippen LogP contribution in [-0.2, 0) is 24.2 Å². The summed E-state index contributed by atoms with van der Waals surface area (Å²) in [5.41, 5.74) is 2.25. The van der Waals surface area contributed by atoms with Crippen molar-refractivity contribution < 1.29 is 4.79 Å². The number of hydrogen-bond donors (Lipinski definition) is 2. The number of rotatable bonds is 4. The molecule has 2 aromatic heterocycles. The zero-order valence-electron chi connectivity index (χ0n) is 11.1. The minimum atomic E-state index is 0.0147. The third-order valence-corrected chi connectivity index (χ3v) is 4.25. The molecule has 0 saturated carbocycles. The predicted octanol–water partition coefficient (Wildman–Crippen LogP) is 1.76. The van der Waals surface area contributed by atoms with Gasteiger partial charge in [-0.2, -0.15) is 0 Å². The standard InChI is InChI=1S/C14H16N4OS/c19-13(2-1-10-3-6-15-7-4-10)18-14-17-11-5-8-16-9-12(11)20-14/h3-4,6-7,16H,1-2,5,8-9H2,(H,17,18,19). The van der Waals surface area contributed by atoms with Crippen molar-refractivity contribution in [2.24, 2.45) is 0 Å². The van der Waals surface area contributed by atoms with Gasteiger partial charge in [-0.15, -0.1) is 11.3 Å². The van der Waals surface area contributed by atoms with Crippen LogP contribution in [0.25, 0.3) is 0 Å². The number of aryl methyl sites for hydroxylation is 1. The normalized spacial score (nSPS) is 13.8. The van der Waals surface area contributed by atoms with Crippen LogP contribution in [0.3, 0.4) is 0 Å². The molecule has 0 unspecified atom stereocenters. The highest BCUT2D eigenvalue weighted by Gasteiger charge is 2.15. The first-order chi connectivity index (χ1) is 9.81. The fourth-order valence-electron chi connectivity index (χ4n) is 2.17. The third-order valence-electron chi connectivity index (χ3n) is 3.24. The van der Waals surface area contributed by atoms with Crippen LogP contribution in [0.15, 0.2) is 24.5 Å². The van der Waals surface area contributed by atoms with Crippen LogP contribution in [0.4, 0.5) is 5.13 Å². The Bertz CT molecular complexity index is 573. The van der Waals surface area contributed by atoms with E-state index in [4.69, 9.17) is 0 Å². The first-order valence-corrected chi connectivity index (χ1v) is 7.51. The van der Waals surface area contributed by atoms with Gasteiger partial charge in [0.2, 0.25) is 5.91 Å². The van der Waals surface area contributed by atoms with Crippen LogP contribution in [0.2, 0.25) is 0 Å². The van der Waals surface area contributed by atoms with Crippen LogP contribution in [0, 0.1) is 0 Å². The lowest BCUT2D eigenvalue weighted by atomic mass is 10.1. The van der Waals surface area contributed by atoms with E-state index in [1.165, 1.54) is 4.88 Å². The van der Waals surface area contributed by atoms with Crippen molar-refractivity contribution in [1.82, 2.24) is 15.3 Å². The van der Waals surface area contributed by atoms with Gasteiger partial charge in [0.1, 0.15) is 0 Å². The molecule has 3 rings (SSSR count). The number of amides is 1. The molecule has 1 amide bonds. The Balaban J connectivity index is 1.55. The van der Waals surface area contributed by atoms with Gasteiger partial charge >= 0.3 is 0 Å². The van der Waals surface area contributed by atoms with Crippen molar-refractivity contribution >= 4 is 22.4 Å². The van der Waals surface area contributed by atoms with Crippen LogP contribution >= 0.6 is 11.3 Å². The molecule has 2 N–H and O–H groups in total. The fourth-order valence-corrected chi connectivity index (χ4v) is 3.16. The van der Waals surface area contributed by atoms with E-state index in [9.17, 15) is 4.79 Å². The van der Waals surface area contributed by atoms with E-state index in [0.29, 0.717) is 6.42 Å². The zero-order valence-corrected chi connectivity index (χ0v) is 11.9. The van der Waals surface area contributed by atoms with E-state index in [-0.39, 0.29) is 5.91 Å². The molecule has 0 aliphatic carbocycles. The fraction of sp³-hybridized carbons (Fsp3) is 0.357. The molecule has 1 aliphatic heterocycles. The maximum absolute atomic E-state index is 11.9. The summed E-state index contributed by atoms with van der Waals surface area (Å²) in [5.74, 6) is 0.0147. The Morgan fingerprint density at radius 1 is 1.40 bits per heavy atom. The minimum Gasteiger partial charge on any atom is -0.311 e. The average Bonchev–Trinajstić information content (AvgIpc) is 2.88. The van der Waals surface area contributed by atoms with Gasteiger partial charge in [0.05, 0.1) is 5.69 Å². The Labute approximate surface area is 121 Å². The molecule has 6 heteroatoms. The molecule has 0 aromatic carbocycles. The first kappa shape index (κ1) is 13.2. The van der Waals surface area contributed by atoms with Crippen molar-refractivity contribution in [2.75, 3.05) is 11.9 Å². The van der Waals surface area contributed by atoms with E-state index in [2.05, 4.69) is 20.6 Å². The van der Waals surface area contributed by atoms with Crippen LogP contribution in [0.5, 0.6) is 0 Å². The maximum atomic E-state index is 11.9. The summed E-state index contributed by atoms with van der Waals surface area (Å²) >= 11 is 1.57. The number of anilines is 1. The summed E-state index contributed by atoms with van der Waals surface area (Å²) in [5, 5.41) is 6.92. The molecule has 2 aromatic rings. The van der Waals surface area contributed by atoms with Gasteiger partial charge < -0.3 is 10.6 Å². The average molecular weight is 288 g/mol. The summed E-state index contributed by atoms with van der Waals surface area (Å²) < 4.78 is 0. The first-order valence-electron chi connectivity index (χ1n) is 6.69. The molecule has 0 bridgehead atoms. The molecule has 1 aliphatic rings.